The Labute approximate surface area is 110 Å². The van der Waals surface area contributed by atoms with E-state index in [0.29, 0.717) is 0 Å². The number of ether oxygens (including phenoxy) is 2. The van der Waals surface area contributed by atoms with Crippen molar-refractivity contribution in [1.82, 2.24) is 10.3 Å². The highest BCUT2D eigenvalue weighted by Gasteiger charge is 2.10. The SMILES string of the molecule is CCCOc1cncc(C(CCOCC)NC)c1. The molecule has 1 unspecified atom stereocenters. The second kappa shape index (κ2) is 8.89. The zero-order valence-electron chi connectivity index (χ0n) is 11.6. The molecule has 0 fully saturated rings. The van der Waals surface area contributed by atoms with Crippen molar-refractivity contribution in [3.05, 3.63) is 24.0 Å². The minimum Gasteiger partial charge on any atom is -0.492 e. The first-order chi connectivity index (χ1) is 8.81. The number of nitrogens with one attached hydrogen (secondary N) is 1. The fourth-order valence-corrected chi connectivity index (χ4v) is 1.75. The smallest absolute Gasteiger partial charge is 0.137 e. The average molecular weight is 252 g/mol. The van der Waals surface area contributed by atoms with Crippen molar-refractivity contribution in [3.63, 3.8) is 0 Å². The summed E-state index contributed by atoms with van der Waals surface area (Å²) in [6.45, 7) is 6.34. The van der Waals surface area contributed by atoms with Gasteiger partial charge < -0.3 is 14.8 Å². The molecular formula is C14H24N2O2. The van der Waals surface area contributed by atoms with Crippen LogP contribution in [0, 0.1) is 0 Å². The van der Waals surface area contributed by atoms with Crippen molar-refractivity contribution in [3.8, 4) is 5.75 Å². The Hall–Kier alpha value is -1.13. The van der Waals surface area contributed by atoms with Crippen LogP contribution in [-0.4, -0.2) is 31.9 Å². The third kappa shape index (κ3) is 5.02. The summed E-state index contributed by atoms with van der Waals surface area (Å²) >= 11 is 0. The summed E-state index contributed by atoms with van der Waals surface area (Å²) in [4.78, 5) is 4.23. The van der Waals surface area contributed by atoms with Crippen LogP contribution in [0.2, 0.25) is 0 Å². The zero-order valence-corrected chi connectivity index (χ0v) is 11.6. The summed E-state index contributed by atoms with van der Waals surface area (Å²) in [5.74, 6) is 0.839. The molecule has 4 heteroatoms. The largest absolute Gasteiger partial charge is 0.492 e. The van der Waals surface area contributed by atoms with Crippen LogP contribution in [-0.2, 0) is 4.74 Å². The molecule has 18 heavy (non-hydrogen) atoms. The molecule has 0 amide bonds. The van der Waals surface area contributed by atoms with Gasteiger partial charge in [0.25, 0.3) is 0 Å². The molecule has 0 saturated heterocycles. The molecule has 1 aromatic rings. The fourth-order valence-electron chi connectivity index (χ4n) is 1.75. The minimum absolute atomic E-state index is 0.259. The molecule has 0 aromatic carbocycles. The maximum Gasteiger partial charge on any atom is 0.137 e. The van der Waals surface area contributed by atoms with Gasteiger partial charge in [0, 0.05) is 25.5 Å². The van der Waals surface area contributed by atoms with E-state index in [4.69, 9.17) is 9.47 Å². The van der Waals surface area contributed by atoms with E-state index >= 15 is 0 Å². The van der Waals surface area contributed by atoms with E-state index in [1.165, 1.54) is 0 Å². The lowest BCUT2D eigenvalue weighted by atomic mass is 10.1. The Bertz CT molecular complexity index is 331. The predicted molar refractivity (Wildman–Crippen MR) is 72.9 cm³/mol. The van der Waals surface area contributed by atoms with Gasteiger partial charge in [-0.25, -0.2) is 0 Å². The Balaban J connectivity index is 2.60. The molecule has 4 nitrogen and oxygen atoms in total. The summed E-state index contributed by atoms with van der Waals surface area (Å²) in [5, 5.41) is 3.29. The van der Waals surface area contributed by atoms with Crippen molar-refractivity contribution in [2.24, 2.45) is 0 Å². The Morgan fingerprint density at radius 2 is 2.11 bits per heavy atom. The molecule has 0 saturated carbocycles. The van der Waals surface area contributed by atoms with E-state index < -0.39 is 0 Å². The average Bonchev–Trinajstić information content (AvgIpc) is 2.42. The molecule has 0 aliphatic heterocycles. The topological polar surface area (TPSA) is 43.4 Å². The van der Waals surface area contributed by atoms with Gasteiger partial charge in [0.15, 0.2) is 0 Å². The van der Waals surface area contributed by atoms with Gasteiger partial charge in [-0.3, -0.25) is 4.98 Å². The zero-order chi connectivity index (χ0) is 13.2. The first-order valence-corrected chi connectivity index (χ1v) is 6.64. The highest BCUT2D eigenvalue weighted by Crippen LogP contribution is 2.20. The molecule has 0 aliphatic carbocycles. The van der Waals surface area contributed by atoms with Crippen LogP contribution in [0.25, 0.3) is 0 Å². The molecule has 0 bridgehead atoms. The van der Waals surface area contributed by atoms with Gasteiger partial charge in [0.1, 0.15) is 5.75 Å². The van der Waals surface area contributed by atoms with Gasteiger partial charge in [-0.1, -0.05) is 6.92 Å². The molecule has 1 atom stereocenters. The standard InChI is InChI=1S/C14H24N2O2/c1-4-7-18-13-9-12(10-16-11-13)14(15-3)6-8-17-5-2/h9-11,14-15H,4-8H2,1-3H3. The van der Waals surface area contributed by atoms with E-state index in [0.717, 1.165) is 44.0 Å². The van der Waals surface area contributed by atoms with Gasteiger partial charge in [-0.15, -0.1) is 0 Å². The summed E-state index contributed by atoms with van der Waals surface area (Å²) in [7, 11) is 1.95. The Morgan fingerprint density at radius 3 is 2.78 bits per heavy atom. The van der Waals surface area contributed by atoms with E-state index in [9.17, 15) is 0 Å². The van der Waals surface area contributed by atoms with Crippen LogP contribution in [0.1, 0.15) is 38.3 Å². The maximum absolute atomic E-state index is 5.59. The molecule has 1 aromatic heterocycles. The summed E-state index contributed by atoms with van der Waals surface area (Å²) in [5.41, 5.74) is 1.14. The quantitative estimate of drug-likeness (QED) is 0.686. The van der Waals surface area contributed by atoms with Crippen LogP contribution in [0.4, 0.5) is 0 Å². The Morgan fingerprint density at radius 1 is 1.28 bits per heavy atom. The van der Waals surface area contributed by atoms with Crippen LogP contribution >= 0.6 is 0 Å². The van der Waals surface area contributed by atoms with Crippen LogP contribution in [0.5, 0.6) is 5.75 Å². The second-order valence-electron chi connectivity index (χ2n) is 4.13. The first kappa shape index (κ1) is 14.9. The van der Waals surface area contributed by atoms with Gasteiger partial charge in [-0.05, 0) is 38.4 Å². The second-order valence-corrected chi connectivity index (χ2v) is 4.13. The van der Waals surface area contributed by atoms with Crippen molar-refractivity contribution in [2.75, 3.05) is 26.9 Å². The van der Waals surface area contributed by atoms with Gasteiger partial charge in [0.05, 0.1) is 12.8 Å². The summed E-state index contributed by atoms with van der Waals surface area (Å²) < 4.78 is 11.0. The van der Waals surface area contributed by atoms with E-state index in [2.05, 4.69) is 23.3 Å². The highest BCUT2D eigenvalue weighted by molar-refractivity contribution is 5.26. The number of pyridine rings is 1. The van der Waals surface area contributed by atoms with Crippen molar-refractivity contribution < 1.29 is 9.47 Å². The lowest BCUT2D eigenvalue weighted by Gasteiger charge is -2.17. The number of rotatable bonds is 9. The lowest BCUT2D eigenvalue weighted by molar-refractivity contribution is 0.137. The maximum atomic E-state index is 5.59. The minimum atomic E-state index is 0.259. The van der Waals surface area contributed by atoms with Gasteiger partial charge in [-0.2, -0.15) is 0 Å². The van der Waals surface area contributed by atoms with Crippen molar-refractivity contribution in [1.29, 1.82) is 0 Å². The van der Waals surface area contributed by atoms with E-state index in [1.807, 2.05) is 20.2 Å². The number of hydrogen-bond acceptors (Lipinski definition) is 4. The molecule has 1 rings (SSSR count). The molecule has 1 N–H and O–H groups in total. The van der Waals surface area contributed by atoms with Gasteiger partial charge in [0.2, 0.25) is 0 Å². The molecule has 102 valence electrons. The normalized spacial score (nSPS) is 12.4. The summed E-state index contributed by atoms with van der Waals surface area (Å²) in [6.07, 6.45) is 5.58. The highest BCUT2D eigenvalue weighted by atomic mass is 16.5. The van der Waals surface area contributed by atoms with Crippen LogP contribution < -0.4 is 10.1 Å². The van der Waals surface area contributed by atoms with Crippen LogP contribution in [0.15, 0.2) is 18.5 Å². The monoisotopic (exact) mass is 252 g/mol. The lowest BCUT2D eigenvalue weighted by Crippen LogP contribution is -2.18. The third-order valence-corrected chi connectivity index (χ3v) is 2.71. The van der Waals surface area contributed by atoms with E-state index in [-0.39, 0.29) is 6.04 Å². The predicted octanol–water partition coefficient (Wildman–Crippen LogP) is 2.56. The third-order valence-electron chi connectivity index (χ3n) is 2.71. The van der Waals surface area contributed by atoms with E-state index in [1.54, 1.807) is 6.20 Å². The molecular weight excluding hydrogens is 228 g/mol. The summed E-state index contributed by atoms with van der Waals surface area (Å²) in [6, 6.07) is 2.31. The number of hydrogen-bond donors (Lipinski definition) is 1. The molecule has 0 radical (unpaired) electrons. The van der Waals surface area contributed by atoms with Gasteiger partial charge >= 0.3 is 0 Å². The number of aromatic nitrogens is 1. The number of nitrogens with zero attached hydrogens (tertiary/aromatic N) is 1. The molecule has 1 heterocycles. The van der Waals surface area contributed by atoms with Crippen molar-refractivity contribution in [2.45, 2.75) is 32.7 Å². The first-order valence-electron chi connectivity index (χ1n) is 6.64. The van der Waals surface area contributed by atoms with Crippen LogP contribution in [0.3, 0.4) is 0 Å². The fraction of sp³-hybridized carbons (Fsp3) is 0.643. The Kier molecular flexibility index (Phi) is 7.37. The molecule has 0 spiro atoms. The molecule has 0 aliphatic rings. The van der Waals surface area contributed by atoms with Crippen molar-refractivity contribution >= 4 is 0 Å².